The lowest BCUT2D eigenvalue weighted by molar-refractivity contribution is 0.0980. The molecule has 6 nitrogen and oxygen atoms in total. The standard InChI is InChI=1S/C25H26FN3O3S/c1-25(31,17-4-5-17)9-8-19-15-21-23(33-19)24(30)29(16-27-21)18-6-7-22(20(26)14-18)32-13-12-28-10-2-3-11-28/h6-7,14-17,31H,2-5,10-13H2,1H3. The Morgan fingerprint density at radius 2 is 2.09 bits per heavy atom. The number of rotatable bonds is 6. The zero-order chi connectivity index (χ0) is 23.0. The number of benzene rings is 1. The van der Waals surface area contributed by atoms with Crippen LogP contribution in [-0.2, 0) is 0 Å². The lowest BCUT2D eigenvalue weighted by Crippen LogP contribution is -2.25. The smallest absolute Gasteiger partial charge is 0.275 e. The predicted octanol–water partition coefficient (Wildman–Crippen LogP) is 3.57. The number of aromatic nitrogens is 2. The third-order valence-electron chi connectivity index (χ3n) is 6.31. The summed E-state index contributed by atoms with van der Waals surface area (Å²) in [5.41, 5.74) is -0.371. The fourth-order valence-electron chi connectivity index (χ4n) is 4.14. The SMILES string of the molecule is CC(O)(C#Cc1cc2ncn(-c3ccc(OCCN4CCCC4)c(F)c3)c(=O)c2s1)C1CC1. The second-order valence-corrected chi connectivity index (χ2v) is 9.98. The molecule has 0 spiro atoms. The zero-order valence-corrected chi connectivity index (χ0v) is 19.3. The maximum atomic E-state index is 14.7. The van der Waals surface area contributed by atoms with Gasteiger partial charge >= 0.3 is 0 Å². The fraction of sp³-hybridized carbons (Fsp3) is 0.440. The van der Waals surface area contributed by atoms with Gasteiger partial charge in [0.25, 0.3) is 5.56 Å². The number of halogens is 1. The van der Waals surface area contributed by atoms with Crippen LogP contribution < -0.4 is 10.3 Å². The van der Waals surface area contributed by atoms with Crippen molar-refractivity contribution in [3.8, 4) is 23.3 Å². The number of likely N-dealkylation sites (tertiary alicyclic amines) is 1. The minimum atomic E-state index is -1.01. The molecule has 2 aromatic heterocycles. The molecule has 8 heteroatoms. The first kappa shape index (κ1) is 22.1. The summed E-state index contributed by atoms with van der Waals surface area (Å²) in [5, 5.41) is 10.4. The molecule has 3 heterocycles. The first-order valence-electron chi connectivity index (χ1n) is 11.3. The average molecular weight is 468 g/mol. The molecule has 172 valence electrons. The largest absolute Gasteiger partial charge is 0.489 e. The number of ether oxygens (including phenoxy) is 1. The molecule has 3 aromatic rings. The quantitative estimate of drug-likeness (QED) is 0.562. The number of fused-ring (bicyclic) bond motifs is 1. The molecular formula is C25H26FN3O3S. The normalized spacial score (nSPS) is 18.2. The van der Waals surface area contributed by atoms with Crippen molar-refractivity contribution in [2.45, 2.75) is 38.2 Å². The third kappa shape index (κ3) is 4.81. The van der Waals surface area contributed by atoms with Gasteiger partial charge in [-0.3, -0.25) is 14.3 Å². The Labute approximate surface area is 195 Å². The molecule has 1 unspecified atom stereocenters. The van der Waals surface area contributed by atoms with Crippen molar-refractivity contribution in [2.24, 2.45) is 5.92 Å². The molecule has 0 bridgehead atoms. The number of hydrogen-bond acceptors (Lipinski definition) is 6. The van der Waals surface area contributed by atoms with Crippen molar-refractivity contribution in [1.82, 2.24) is 14.5 Å². The van der Waals surface area contributed by atoms with Crippen LogP contribution in [0.3, 0.4) is 0 Å². The van der Waals surface area contributed by atoms with Crippen LogP contribution in [0.1, 0.15) is 37.5 Å². The van der Waals surface area contributed by atoms with Gasteiger partial charge in [-0.15, -0.1) is 11.3 Å². The lowest BCUT2D eigenvalue weighted by Gasteiger charge is -2.15. The molecule has 1 aliphatic heterocycles. The molecule has 1 N–H and O–H groups in total. The summed E-state index contributed by atoms with van der Waals surface area (Å²) in [6, 6.07) is 6.25. The van der Waals surface area contributed by atoms with Crippen LogP contribution in [0.25, 0.3) is 15.9 Å². The number of hydrogen-bond donors (Lipinski definition) is 1. The zero-order valence-electron chi connectivity index (χ0n) is 18.5. The van der Waals surface area contributed by atoms with Crippen molar-refractivity contribution in [3.05, 3.63) is 51.6 Å². The van der Waals surface area contributed by atoms with E-state index in [2.05, 4.69) is 21.7 Å². The Morgan fingerprint density at radius 1 is 1.30 bits per heavy atom. The summed E-state index contributed by atoms with van der Waals surface area (Å²) in [6.45, 7) is 5.07. The highest BCUT2D eigenvalue weighted by molar-refractivity contribution is 7.19. The first-order valence-corrected chi connectivity index (χ1v) is 12.1. The van der Waals surface area contributed by atoms with E-state index in [1.807, 2.05) is 0 Å². The maximum absolute atomic E-state index is 14.7. The van der Waals surface area contributed by atoms with E-state index in [1.54, 1.807) is 25.1 Å². The Kier molecular flexibility index (Phi) is 5.95. The van der Waals surface area contributed by atoms with Gasteiger partial charge in [-0.1, -0.05) is 11.8 Å². The van der Waals surface area contributed by atoms with Crippen molar-refractivity contribution < 1.29 is 14.2 Å². The van der Waals surface area contributed by atoms with Crippen LogP contribution in [0, 0.1) is 23.6 Å². The monoisotopic (exact) mass is 467 g/mol. The maximum Gasteiger partial charge on any atom is 0.275 e. The Morgan fingerprint density at radius 3 is 2.82 bits per heavy atom. The van der Waals surface area contributed by atoms with E-state index >= 15 is 0 Å². The second kappa shape index (κ2) is 8.90. The van der Waals surface area contributed by atoms with Crippen LogP contribution in [0.5, 0.6) is 5.75 Å². The van der Waals surface area contributed by atoms with Gasteiger partial charge in [0.15, 0.2) is 11.6 Å². The van der Waals surface area contributed by atoms with E-state index in [0.717, 1.165) is 32.5 Å². The van der Waals surface area contributed by atoms with Gasteiger partial charge in [0.05, 0.1) is 16.1 Å². The topological polar surface area (TPSA) is 67.6 Å². The van der Waals surface area contributed by atoms with Crippen LogP contribution in [-0.4, -0.2) is 51.4 Å². The highest BCUT2D eigenvalue weighted by Crippen LogP contribution is 2.39. The van der Waals surface area contributed by atoms with E-state index in [1.165, 1.54) is 41.1 Å². The number of nitrogens with zero attached hydrogens (tertiary/aromatic N) is 3. The molecular weight excluding hydrogens is 441 g/mol. The summed E-state index contributed by atoms with van der Waals surface area (Å²) in [5.74, 6) is 5.80. The molecule has 2 fully saturated rings. The van der Waals surface area contributed by atoms with Gasteiger partial charge in [-0.05, 0) is 69.8 Å². The molecule has 1 aliphatic carbocycles. The highest BCUT2D eigenvalue weighted by Gasteiger charge is 2.38. The van der Waals surface area contributed by atoms with Crippen LogP contribution >= 0.6 is 11.3 Å². The molecule has 1 aromatic carbocycles. The average Bonchev–Trinajstić information content (AvgIpc) is 3.38. The van der Waals surface area contributed by atoms with Crippen LogP contribution in [0.15, 0.2) is 35.4 Å². The molecule has 1 saturated heterocycles. The molecule has 33 heavy (non-hydrogen) atoms. The van der Waals surface area contributed by atoms with Gasteiger partial charge in [-0.2, -0.15) is 0 Å². The molecule has 2 aliphatic rings. The van der Waals surface area contributed by atoms with Gasteiger partial charge in [-0.25, -0.2) is 9.37 Å². The van der Waals surface area contributed by atoms with E-state index in [4.69, 9.17) is 4.74 Å². The van der Waals surface area contributed by atoms with Gasteiger partial charge in [0, 0.05) is 12.6 Å². The van der Waals surface area contributed by atoms with Crippen LogP contribution in [0.4, 0.5) is 4.39 Å². The summed E-state index contributed by atoms with van der Waals surface area (Å²) >= 11 is 1.23. The Bertz CT molecular complexity index is 1290. The van der Waals surface area contributed by atoms with E-state index in [9.17, 15) is 14.3 Å². The summed E-state index contributed by atoms with van der Waals surface area (Å²) in [6.07, 6.45) is 5.78. The van der Waals surface area contributed by atoms with Gasteiger partial charge in [0.2, 0.25) is 0 Å². The molecule has 0 amide bonds. The van der Waals surface area contributed by atoms with Crippen molar-refractivity contribution in [1.29, 1.82) is 0 Å². The fourth-order valence-corrected chi connectivity index (χ4v) is 5.04. The summed E-state index contributed by atoms with van der Waals surface area (Å²) in [4.78, 5) is 20.4. The van der Waals surface area contributed by atoms with Crippen molar-refractivity contribution in [3.63, 3.8) is 0 Å². The Balaban J connectivity index is 1.34. The molecule has 1 atom stereocenters. The van der Waals surface area contributed by atoms with Crippen molar-refractivity contribution >= 4 is 21.6 Å². The van der Waals surface area contributed by atoms with Crippen molar-refractivity contribution in [2.75, 3.05) is 26.2 Å². The number of aliphatic hydroxyl groups is 1. The third-order valence-corrected chi connectivity index (χ3v) is 7.33. The highest BCUT2D eigenvalue weighted by atomic mass is 32.1. The molecule has 0 radical (unpaired) electrons. The van der Waals surface area contributed by atoms with Crippen LogP contribution in [0.2, 0.25) is 0 Å². The molecule has 5 rings (SSSR count). The lowest BCUT2D eigenvalue weighted by atomic mass is 10.0. The number of thiophene rings is 1. The second-order valence-electron chi connectivity index (χ2n) is 8.93. The van der Waals surface area contributed by atoms with Gasteiger partial charge in [0.1, 0.15) is 23.2 Å². The minimum absolute atomic E-state index is 0.177. The first-order chi connectivity index (χ1) is 15.9. The predicted molar refractivity (Wildman–Crippen MR) is 127 cm³/mol. The van der Waals surface area contributed by atoms with E-state index in [0.29, 0.717) is 27.4 Å². The van der Waals surface area contributed by atoms with Gasteiger partial charge < -0.3 is 9.84 Å². The Hall–Kier alpha value is -2.73. The van der Waals surface area contributed by atoms with E-state index < -0.39 is 11.4 Å². The summed E-state index contributed by atoms with van der Waals surface area (Å²) < 4.78 is 22.0. The van der Waals surface area contributed by atoms with E-state index in [-0.39, 0.29) is 17.2 Å². The minimum Gasteiger partial charge on any atom is -0.489 e. The molecule has 1 saturated carbocycles. The summed E-state index contributed by atoms with van der Waals surface area (Å²) in [7, 11) is 0.